The van der Waals surface area contributed by atoms with Gasteiger partial charge in [-0.1, -0.05) is 68.2 Å². The van der Waals surface area contributed by atoms with Gasteiger partial charge in [-0.3, -0.25) is 13.9 Å². The first-order chi connectivity index (χ1) is 15.9. The molecule has 7 nitrogen and oxygen atoms in total. The molecule has 0 fully saturated rings. The van der Waals surface area contributed by atoms with E-state index in [1.54, 1.807) is 42.5 Å². The van der Waals surface area contributed by atoms with Crippen LogP contribution in [0.3, 0.4) is 0 Å². The average molecular weight is 529 g/mol. The maximum Gasteiger partial charge on any atom is 0.244 e. The largest absolute Gasteiger partial charge is 0.354 e. The fourth-order valence-corrected chi connectivity index (χ4v) is 4.65. The van der Waals surface area contributed by atoms with E-state index < -0.39 is 28.5 Å². The van der Waals surface area contributed by atoms with Crippen molar-refractivity contribution in [2.75, 3.05) is 23.7 Å². The SMILES string of the molecule is CC[C@H](C(=O)NCC(C)C)N(Cc1ccc(Cl)cc1)C(=O)CN(c1ccccc1Cl)S(C)(=O)=O. The number of nitrogens with zero attached hydrogens (tertiary/aromatic N) is 2. The summed E-state index contributed by atoms with van der Waals surface area (Å²) in [5.41, 5.74) is 0.959. The Kier molecular flexibility index (Phi) is 10.2. The van der Waals surface area contributed by atoms with Gasteiger partial charge in [0.2, 0.25) is 21.8 Å². The highest BCUT2D eigenvalue weighted by Gasteiger charge is 2.32. The molecule has 0 spiro atoms. The molecule has 0 radical (unpaired) electrons. The first-order valence-corrected chi connectivity index (χ1v) is 13.6. The van der Waals surface area contributed by atoms with E-state index in [0.717, 1.165) is 16.1 Å². The second-order valence-electron chi connectivity index (χ2n) is 8.43. The minimum Gasteiger partial charge on any atom is -0.354 e. The summed E-state index contributed by atoms with van der Waals surface area (Å²) in [5, 5.41) is 3.63. The fraction of sp³-hybridized carbons (Fsp3) is 0.417. The normalized spacial score (nSPS) is 12.3. The summed E-state index contributed by atoms with van der Waals surface area (Å²) in [5.74, 6) is -0.572. The van der Waals surface area contributed by atoms with Gasteiger partial charge in [0.05, 0.1) is 17.0 Å². The number of hydrogen-bond acceptors (Lipinski definition) is 4. The van der Waals surface area contributed by atoms with E-state index in [2.05, 4.69) is 5.32 Å². The Morgan fingerprint density at radius 3 is 2.18 bits per heavy atom. The van der Waals surface area contributed by atoms with E-state index in [1.165, 1.54) is 11.0 Å². The van der Waals surface area contributed by atoms with Crippen LogP contribution in [0.4, 0.5) is 5.69 Å². The number of para-hydroxylation sites is 1. The molecular weight excluding hydrogens is 497 g/mol. The van der Waals surface area contributed by atoms with Gasteiger partial charge in [-0.05, 0) is 42.2 Å². The smallest absolute Gasteiger partial charge is 0.244 e. The molecule has 0 aromatic heterocycles. The van der Waals surface area contributed by atoms with Crippen molar-refractivity contribution in [3.8, 4) is 0 Å². The number of benzene rings is 2. The number of carbonyl (C=O) groups excluding carboxylic acids is 2. The average Bonchev–Trinajstić information content (AvgIpc) is 2.77. The number of halogens is 2. The van der Waals surface area contributed by atoms with Crippen molar-refractivity contribution in [1.29, 1.82) is 0 Å². The third-order valence-corrected chi connectivity index (χ3v) is 6.84. The first kappa shape index (κ1) is 28.0. The molecule has 0 aliphatic carbocycles. The number of nitrogens with one attached hydrogen (secondary N) is 1. The van der Waals surface area contributed by atoms with Crippen LogP contribution < -0.4 is 9.62 Å². The molecule has 10 heteroatoms. The van der Waals surface area contributed by atoms with Crippen LogP contribution in [0.5, 0.6) is 0 Å². The summed E-state index contributed by atoms with van der Waals surface area (Å²) < 4.78 is 26.1. The van der Waals surface area contributed by atoms with Gasteiger partial charge in [0.15, 0.2) is 0 Å². The molecule has 0 unspecified atom stereocenters. The van der Waals surface area contributed by atoms with Crippen molar-refractivity contribution >= 4 is 50.7 Å². The maximum atomic E-state index is 13.6. The second kappa shape index (κ2) is 12.4. The van der Waals surface area contributed by atoms with Crippen molar-refractivity contribution in [2.24, 2.45) is 5.92 Å². The van der Waals surface area contributed by atoms with Crippen LogP contribution in [0.25, 0.3) is 0 Å². The Hall–Kier alpha value is -2.29. The number of carbonyl (C=O) groups is 2. The molecule has 0 saturated heterocycles. The predicted octanol–water partition coefficient (Wildman–Crippen LogP) is 4.34. The Morgan fingerprint density at radius 2 is 1.65 bits per heavy atom. The summed E-state index contributed by atoms with van der Waals surface area (Å²) >= 11 is 12.2. The minimum absolute atomic E-state index is 0.115. The molecule has 1 N–H and O–H groups in total. The number of hydrogen-bond donors (Lipinski definition) is 1. The molecule has 2 aromatic carbocycles. The van der Waals surface area contributed by atoms with E-state index in [4.69, 9.17) is 23.2 Å². The molecule has 0 bridgehead atoms. The van der Waals surface area contributed by atoms with Crippen LogP contribution in [-0.2, 0) is 26.2 Å². The molecule has 0 aliphatic rings. The zero-order chi connectivity index (χ0) is 25.5. The molecule has 2 rings (SSSR count). The third-order valence-electron chi connectivity index (χ3n) is 5.14. The lowest BCUT2D eigenvalue weighted by atomic mass is 10.1. The van der Waals surface area contributed by atoms with Crippen molar-refractivity contribution < 1.29 is 18.0 Å². The Labute approximate surface area is 212 Å². The van der Waals surface area contributed by atoms with Crippen molar-refractivity contribution in [3.63, 3.8) is 0 Å². The summed E-state index contributed by atoms with van der Waals surface area (Å²) in [6, 6.07) is 12.6. The predicted molar refractivity (Wildman–Crippen MR) is 138 cm³/mol. The molecule has 2 aromatic rings. The van der Waals surface area contributed by atoms with Gasteiger partial charge in [0.1, 0.15) is 12.6 Å². The van der Waals surface area contributed by atoms with Crippen LogP contribution in [0.2, 0.25) is 10.0 Å². The monoisotopic (exact) mass is 527 g/mol. The Balaban J connectivity index is 2.42. The fourth-order valence-electron chi connectivity index (χ4n) is 3.38. The van der Waals surface area contributed by atoms with Crippen LogP contribution in [-0.4, -0.2) is 50.5 Å². The highest BCUT2D eigenvalue weighted by atomic mass is 35.5. The molecule has 0 saturated carbocycles. The Bertz CT molecular complexity index is 1090. The van der Waals surface area contributed by atoms with Gasteiger partial charge in [-0.2, -0.15) is 0 Å². The standard InChI is InChI=1S/C24H31Cl2N3O4S/c1-5-21(24(31)27-14-17(2)3)28(15-18-10-12-19(25)13-11-18)23(30)16-29(34(4,32)33)22-9-7-6-8-20(22)26/h6-13,17,21H,5,14-16H2,1-4H3,(H,27,31)/t21-/m1/s1. The molecule has 0 aliphatic heterocycles. The molecule has 186 valence electrons. The van der Waals surface area contributed by atoms with Gasteiger partial charge in [0.25, 0.3) is 0 Å². The zero-order valence-corrected chi connectivity index (χ0v) is 22.1. The lowest BCUT2D eigenvalue weighted by molar-refractivity contribution is -0.140. The van der Waals surface area contributed by atoms with Gasteiger partial charge in [-0.15, -0.1) is 0 Å². The number of rotatable bonds is 11. The number of sulfonamides is 1. The van der Waals surface area contributed by atoms with Crippen LogP contribution in [0.15, 0.2) is 48.5 Å². The van der Waals surface area contributed by atoms with Crippen LogP contribution >= 0.6 is 23.2 Å². The Morgan fingerprint density at radius 1 is 1.03 bits per heavy atom. The lowest BCUT2D eigenvalue weighted by Crippen LogP contribution is -2.52. The number of anilines is 1. The third kappa shape index (κ3) is 7.89. The molecule has 0 heterocycles. The summed E-state index contributed by atoms with van der Waals surface area (Å²) in [7, 11) is -3.84. The van der Waals surface area contributed by atoms with Gasteiger partial charge in [-0.25, -0.2) is 8.42 Å². The van der Waals surface area contributed by atoms with Crippen molar-refractivity contribution in [2.45, 2.75) is 39.8 Å². The molecular formula is C24H31Cl2N3O4S. The van der Waals surface area contributed by atoms with E-state index in [-0.39, 0.29) is 29.1 Å². The quantitative estimate of drug-likeness (QED) is 0.470. The van der Waals surface area contributed by atoms with Gasteiger partial charge in [0, 0.05) is 18.1 Å². The highest BCUT2D eigenvalue weighted by molar-refractivity contribution is 7.92. The van der Waals surface area contributed by atoms with Crippen molar-refractivity contribution in [3.05, 3.63) is 64.1 Å². The minimum atomic E-state index is -3.84. The van der Waals surface area contributed by atoms with Gasteiger partial charge < -0.3 is 10.2 Å². The first-order valence-electron chi connectivity index (χ1n) is 11.0. The second-order valence-corrected chi connectivity index (χ2v) is 11.2. The van der Waals surface area contributed by atoms with E-state index in [0.29, 0.717) is 18.0 Å². The highest BCUT2D eigenvalue weighted by Crippen LogP contribution is 2.27. The molecule has 1 atom stereocenters. The van der Waals surface area contributed by atoms with E-state index in [1.807, 2.05) is 20.8 Å². The topological polar surface area (TPSA) is 86.8 Å². The van der Waals surface area contributed by atoms with Gasteiger partial charge >= 0.3 is 0 Å². The van der Waals surface area contributed by atoms with Crippen LogP contribution in [0, 0.1) is 5.92 Å². The van der Waals surface area contributed by atoms with E-state index in [9.17, 15) is 18.0 Å². The van der Waals surface area contributed by atoms with Crippen LogP contribution in [0.1, 0.15) is 32.8 Å². The van der Waals surface area contributed by atoms with Crippen molar-refractivity contribution in [1.82, 2.24) is 10.2 Å². The molecule has 2 amide bonds. The maximum absolute atomic E-state index is 13.6. The van der Waals surface area contributed by atoms with E-state index >= 15 is 0 Å². The lowest BCUT2D eigenvalue weighted by Gasteiger charge is -2.33. The zero-order valence-electron chi connectivity index (χ0n) is 19.8. The summed E-state index contributed by atoms with van der Waals surface area (Å²) in [6.45, 7) is 5.85. The summed E-state index contributed by atoms with van der Waals surface area (Å²) in [6.07, 6.45) is 1.37. The molecule has 34 heavy (non-hydrogen) atoms. The summed E-state index contributed by atoms with van der Waals surface area (Å²) in [4.78, 5) is 28.0. The number of amides is 2.